The molecule has 7 rings (SSSR count). The highest BCUT2D eigenvalue weighted by Gasteiger charge is 2.65. The maximum atomic E-state index is 16.2. The second kappa shape index (κ2) is 30.2. The lowest BCUT2D eigenvalue weighted by molar-refractivity contribution is -0.236. The van der Waals surface area contributed by atoms with Crippen molar-refractivity contribution in [2.45, 2.75) is 244 Å². The van der Waals surface area contributed by atoms with Crippen LogP contribution in [0.25, 0.3) is 26.2 Å². The Morgan fingerprint density at radius 1 is 0.709 bits per heavy atom. The van der Waals surface area contributed by atoms with E-state index < -0.39 is 39.9 Å². The fourth-order valence-corrected chi connectivity index (χ4v) is 19.1. The number of nitrogens with zero attached hydrogens (tertiary/aromatic N) is 4. The van der Waals surface area contributed by atoms with E-state index in [0.29, 0.717) is 5.78 Å². The molecule has 1 aromatic carbocycles. The van der Waals surface area contributed by atoms with Gasteiger partial charge in [-0.25, -0.2) is 15.0 Å². The molecule has 1 fully saturated rings. The molecule has 0 spiro atoms. The molecule has 0 saturated heterocycles. The van der Waals surface area contributed by atoms with Gasteiger partial charge in [-0.3, -0.25) is 4.79 Å². The topological polar surface area (TPSA) is 62.1 Å². The number of hydrogen-bond donors (Lipinski definition) is 0. The number of allylic oxidation sites excluding steroid dienone is 3. The van der Waals surface area contributed by atoms with Crippen LogP contribution in [0.5, 0.6) is 0 Å². The Morgan fingerprint density at radius 3 is 1.68 bits per heavy atom. The van der Waals surface area contributed by atoms with E-state index in [2.05, 4.69) is 78.9 Å². The number of nitriles is 1. The Morgan fingerprint density at radius 2 is 1.20 bits per heavy atom. The standard InChI is InChI=1S/C66H85F3N4O2S4/c1-8-10-12-14-16-18-20-22-24-26-28-30-34-42-65(43-35-31-29-27-25-23-21-19-17-15-13-11-9-2)56-60-54(45-52(77-60)47-38-40-48(41-39-47)73(6)7)79-62(56)61-55(63(65)74)59-53(78-61)44-49(76-59)36-32-33-37-50-57(72-5)58(51(46-70)71-4)75-64(50,3)66(67,68)69/h32-33,36-41,44-45,55-56,61-62H,8-31,34-35,42-43H2,1-3,6-7H3/b36-32+,37-33+,58-51+. The van der Waals surface area contributed by atoms with Gasteiger partial charge in [-0.1, -0.05) is 211 Å². The number of carbonyl (C=O) groups excluding carboxylic acids is 1. The summed E-state index contributed by atoms with van der Waals surface area (Å²) in [5.74, 6) is -0.316. The summed E-state index contributed by atoms with van der Waals surface area (Å²) >= 11 is 7.41. The second-order valence-electron chi connectivity index (χ2n) is 22.9. The van der Waals surface area contributed by atoms with Crippen molar-refractivity contribution in [1.82, 2.24) is 0 Å². The number of ether oxygens (including phenoxy) is 1. The molecular formula is C66H85F3N4O2S4. The van der Waals surface area contributed by atoms with Gasteiger partial charge in [-0.05, 0) is 55.7 Å². The number of fused-ring (bicyclic) bond motifs is 7. The number of thioether (sulfide) groups is 2. The molecule has 0 amide bonds. The van der Waals surface area contributed by atoms with Crippen molar-refractivity contribution in [3.05, 3.63) is 115 Å². The molecule has 5 unspecified atom stereocenters. The SMILES string of the molecule is [C-]#[N+]C1=C(/C=C/C=C/c2cc3c(s2)C2C(=O)C(CCCCCCCCCCCCCCC)(CCCCCCCCCCCCCCC)C4c5sc(-c6ccc(N(C)C)cc6)cc5SC4C2S3)C(C)(C(F)(F)F)O/C1=C(\C#N)[N+]#[C-]. The maximum absolute atomic E-state index is 16.2. The van der Waals surface area contributed by atoms with Crippen LogP contribution in [0.15, 0.2) is 87.1 Å². The molecule has 5 heterocycles. The third-order valence-corrected chi connectivity index (χ3v) is 22.8. The number of rotatable bonds is 33. The first-order chi connectivity index (χ1) is 38.3. The van der Waals surface area contributed by atoms with Gasteiger partial charge in [-0.2, -0.15) is 13.2 Å². The average Bonchev–Trinajstić information content (AvgIpc) is 4.26. The molecule has 0 bridgehead atoms. The monoisotopic (exact) mass is 1150 g/mol. The summed E-state index contributed by atoms with van der Waals surface area (Å²) in [7, 11) is 4.14. The predicted octanol–water partition coefficient (Wildman–Crippen LogP) is 21.6. The van der Waals surface area contributed by atoms with Crippen molar-refractivity contribution < 1.29 is 22.7 Å². The van der Waals surface area contributed by atoms with E-state index in [4.69, 9.17) is 17.9 Å². The van der Waals surface area contributed by atoms with Crippen molar-refractivity contribution >= 4 is 63.7 Å². The maximum Gasteiger partial charge on any atom is 0.430 e. The predicted molar refractivity (Wildman–Crippen MR) is 328 cm³/mol. The van der Waals surface area contributed by atoms with E-state index in [9.17, 15) is 18.4 Å². The third-order valence-electron chi connectivity index (χ3n) is 17.0. The Kier molecular flexibility index (Phi) is 23.9. The molecule has 13 heteroatoms. The molecule has 1 aliphatic carbocycles. The summed E-state index contributed by atoms with van der Waals surface area (Å²) in [6, 6.07) is 15.0. The first-order valence-corrected chi connectivity index (χ1v) is 33.3. The molecule has 3 aromatic rings. The van der Waals surface area contributed by atoms with Gasteiger partial charge in [0.15, 0.2) is 0 Å². The fourth-order valence-electron chi connectivity index (χ4n) is 12.5. The number of halogens is 3. The molecule has 4 aliphatic rings. The van der Waals surface area contributed by atoms with Crippen LogP contribution in [0.1, 0.15) is 227 Å². The Hall–Kier alpha value is -4.19. The Labute approximate surface area is 488 Å². The zero-order valence-corrected chi connectivity index (χ0v) is 51.0. The minimum absolute atomic E-state index is 0.105. The fraction of sp³-hybridized carbons (Fsp3) is 0.606. The lowest BCUT2D eigenvalue weighted by atomic mass is 9.57. The van der Waals surface area contributed by atoms with Gasteiger partial charge in [-0.15, -0.1) is 46.2 Å². The van der Waals surface area contributed by atoms with Crippen LogP contribution in [0.4, 0.5) is 18.9 Å². The van der Waals surface area contributed by atoms with Crippen molar-refractivity contribution in [3.8, 4) is 16.5 Å². The molecule has 0 N–H and O–H groups in total. The first kappa shape index (κ1) is 62.4. The van der Waals surface area contributed by atoms with Crippen molar-refractivity contribution in [2.75, 3.05) is 19.0 Å². The summed E-state index contributed by atoms with van der Waals surface area (Å²) in [4.78, 5) is 31.9. The van der Waals surface area contributed by atoms with Crippen LogP contribution in [0.3, 0.4) is 0 Å². The van der Waals surface area contributed by atoms with E-state index in [1.807, 2.05) is 40.9 Å². The number of anilines is 1. The summed E-state index contributed by atoms with van der Waals surface area (Å²) in [5, 5.41) is 9.84. The molecule has 79 heavy (non-hydrogen) atoms. The molecule has 5 atom stereocenters. The lowest BCUT2D eigenvalue weighted by Gasteiger charge is -2.49. The average molecular weight is 1150 g/mol. The highest BCUT2D eigenvalue weighted by Crippen LogP contribution is 2.70. The smallest absolute Gasteiger partial charge is 0.430 e. The van der Waals surface area contributed by atoms with Crippen molar-refractivity contribution in [1.29, 1.82) is 5.26 Å². The number of hydrogen-bond acceptors (Lipinski definition) is 8. The normalized spacial score (nSPS) is 21.7. The van der Waals surface area contributed by atoms with Crippen LogP contribution in [-0.4, -0.2) is 42.2 Å². The van der Waals surface area contributed by atoms with Crippen LogP contribution in [0, 0.1) is 29.9 Å². The van der Waals surface area contributed by atoms with E-state index in [-0.39, 0.29) is 22.3 Å². The number of alkyl halides is 3. The highest BCUT2D eigenvalue weighted by molar-refractivity contribution is 8.04. The minimum Gasteiger partial charge on any atom is -0.496 e. The van der Waals surface area contributed by atoms with Gasteiger partial charge < -0.3 is 9.64 Å². The lowest BCUT2D eigenvalue weighted by Crippen LogP contribution is -2.52. The van der Waals surface area contributed by atoms with Crippen LogP contribution in [-0.2, 0) is 9.53 Å². The Balaban J connectivity index is 1.13. The number of ketones is 1. The van der Waals surface area contributed by atoms with E-state index in [1.54, 1.807) is 23.5 Å². The van der Waals surface area contributed by atoms with Crippen LogP contribution >= 0.6 is 46.2 Å². The summed E-state index contributed by atoms with van der Waals surface area (Å²) < 4.78 is 49.0. The zero-order valence-electron chi connectivity index (χ0n) is 47.8. The van der Waals surface area contributed by atoms with E-state index in [0.717, 1.165) is 60.1 Å². The third kappa shape index (κ3) is 15.1. The summed E-state index contributed by atoms with van der Waals surface area (Å²) in [6.07, 6.45) is 36.4. The molecule has 6 nitrogen and oxygen atoms in total. The van der Waals surface area contributed by atoms with E-state index >= 15 is 4.79 Å². The first-order valence-electron chi connectivity index (χ1n) is 29.9. The van der Waals surface area contributed by atoms with Crippen molar-refractivity contribution in [3.63, 3.8) is 0 Å². The number of carbonyl (C=O) groups is 1. The van der Waals surface area contributed by atoms with E-state index in [1.165, 1.54) is 179 Å². The highest BCUT2D eigenvalue weighted by atomic mass is 32.2. The minimum atomic E-state index is -4.93. The van der Waals surface area contributed by atoms with Crippen LogP contribution < -0.4 is 4.90 Å². The molecule has 1 saturated carbocycles. The number of benzene rings is 1. The van der Waals surface area contributed by atoms with Crippen molar-refractivity contribution in [2.24, 2.45) is 5.41 Å². The summed E-state index contributed by atoms with van der Waals surface area (Å²) in [5.41, 5.74) is -2.68. The summed E-state index contributed by atoms with van der Waals surface area (Å²) in [6.45, 7) is 20.4. The number of thiophene rings is 2. The molecule has 426 valence electrons. The Bertz CT molecular complexity index is 2700. The second-order valence-corrected chi connectivity index (χ2v) is 27.5. The number of unbranched alkanes of at least 4 members (excludes halogenated alkanes) is 24. The van der Waals surface area contributed by atoms with Gasteiger partial charge >= 0.3 is 6.18 Å². The van der Waals surface area contributed by atoms with Gasteiger partial charge in [0.1, 0.15) is 11.5 Å². The van der Waals surface area contributed by atoms with Gasteiger partial charge in [0.25, 0.3) is 5.70 Å². The molecule has 0 radical (unpaired) electrons. The van der Waals surface area contributed by atoms with Gasteiger partial charge in [0.2, 0.25) is 11.3 Å². The largest absolute Gasteiger partial charge is 0.496 e. The van der Waals surface area contributed by atoms with Gasteiger partial charge in [0, 0.05) is 76.5 Å². The number of Topliss-reactive ketones (excluding diaryl/α,β-unsaturated/α-hetero) is 1. The van der Waals surface area contributed by atoms with Gasteiger partial charge in [0.05, 0.1) is 25.1 Å². The molecule has 3 aliphatic heterocycles. The molecule has 2 aromatic heterocycles. The van der Waals surface area contributed by atoms with Crippen LogP contribution in [0.2, 0.25) is 0 Å². The molecular weight excluding hydrogens is 1070 g/mol. The zero-order chi connectivity index (χ0) is 56.4. The quantitative estimate of drug-likeness (QED) is 0.0262.